The fraction of sp³-hybridized carbons (Fsp3) is 0. The van der Waals surface area contributed by atoms with Gasteiger partial charge in [0.15, 0.2) is 0 Å². The van der Waals surface area contributed by atoms with Crippen LogP contribution in [0.1, 0.15) is 11.0 Å². The van der Waals surface area contributed by atoms with Gasteiger partial charge >= 0.3 is 0 Å². The Balaban J connectivity index is 1.24. The average Bonchev–Trinajstić information content (AvgIpc) is 3.67. The van der Waals surface area contributed by atoms with Crippen molar-refractivity contribution >= 4 is 75.8 Å². The van der Waals surface area contributed by atoms with E-state index in [9.17, 15) is 5.48 Å². The van der Waals surface area contributed by atoms with E-state index < -0.39 is 24.2 Å². The van der Waals surface area contributed by atoms with Crippen molar-refractivity contribution in [3.8, 4) is 33.4 Å². The van der Waals surface area contributed by atoms with E-state index in [1.54, 1.807) is 0 Å². The van der Waals surface area contributed by atoms with Crippen LogP contribution in [0.5, 0.6) is 0 Å². The lowest BCUT2D eigenvalue weighted by atomic mass is 9.84. The fourth-order valence-electron chi connectivity index (χ4n) is 7.99. The second kappa shape index (κ2) is 10.9. The molecule has 236 valence electrons. The Hall–Kier alpha value is -6.70. The molecule has 1 heteroatoms. The molecule has 0 aliphatic rings. The van der Waals surface area contributed by atoms with Crippen LogP contribution in [0.4, 0.5) is 0 Å². The zero-order valence-electron chi connectivity index (χ0n) is 35.1. The van der Waals surface area contributed by atoms with Gasteiger partial charge in [0.25, 0.3) is 0 Å². The lowest BCUT2D eigenvalue weighted by Gasteiger charge is -2.19. The largest absolute Gasteiger partial charge is 0.455 e. The molecule has 0 radical (unpaired) electrons. The maximum atomic E-state index is 9.42. The topological polar surface area (TPSA) is 13.1 Å². The summed E-state index contributed by atoms with van der Waals surface area (Å²) in [5, 5.41) is 8.50. The van der Waals surface area contributed by atoms with Crippen LogP contribution in [0.25, 0.3) is 109 Å². The molecule has 51 heavy (non-hydrogen) atoms. The van der Waals surface area contributed by atoms with Crippen molar-refractivity contribution in [2.45, 2.75) is 0 Å². The van der Waals surface area contributed by atoms with Gasteiger partial charge in [-0.2, -0.15) is 0 Å². The van der Waals surface area contributed by atoms with Crippen LogP contribution in [0.3, 0.4) is 0 Å². The average molecular weight is 655 g/mol. The minimum Gasteiger partial charge on any atom is -0.455 e. The number of rotatable bonds is 3. The minimum absolute atomic E-state index is 0.186. The van der Waals surface area contributed by atoms with Crippen LogP contribution in [0.2, 0.25) is 0 Å². The Morgan fingerprint density at radius 3 is 1.69 bits per heavy atom. The molecular formula is C50H30O. The van der Waals surface area contributed by atoms with Gasteiger partial charge in [-0.05, 0) is 99.9 Å². The Morgan fingerprint density at radius 1 is 0.373 bits per heavy atom. The Labute approximate surface area is 305 Å². The van der Waals surface area contributed by atoms with E-state index in [2.05, 4.69) is 36.4 Å². The summed E-state index contributed by atoms with van der Waals surface area (Å²) in [6.45, 7) is 0. The summed E-state index contributed by atoms with van der Waals surface area (Å²) in [4.78, 5) is 0. The Bertz CT molecular complexity index is 3580. The zero-order chi connectivity index (χ0) is 40.4. The highest BCUT2D eigenvalue weighted by Gasteiger charge is 2.19. The highest BCUT2D eigenvalue weighted by Crippen LogP contribution is 2.46. The summed E-state index contributed by atoms with van der Waals surface area (Å²) in [7, 11) is 0. The van der Waals surface area contributed by atoms with Crippen molar-refractivity contribution in [1.82, 2.24) is 0 Å². The molecule has 11 aromatic rings. The third-order valence-electron chi connectivity index (χ3n) is 10.3. The van der Waals surface area contributed by atoms with E-state index in [0.717, 1.165) is 65.4 Å². The van der Waals surface area contributed by atoms with Crippen LogP contribution in [-0.2, 0) is 0 Å². The molecule has 0 saturated carbocycles. The lowest BCUT2D eigenvalue weighted by molar-refractivity contribution is 0.670. The fourth-order valence-corrected chi connectivity index (χ4v) is 7.99. The predicted molar refractivity (Wildman–Crippen MR) is 218 cm³/mol. The van der Waals surface area contributed by atoms with Gasteiger partial charge in [0.05, 0.1) is 11.0 Å². The molecule has 0 aliphatic carbocycles. The molecular weight excluding hydrogens is 617 g/mol. The second-order valence-corrected chi connectivity index (χ2v) is 13.0. The third-order valence-corrected chi connectivity index (χ3v) is 10.3. The van der Waals surface area contributed by atoms with Gasteiger partial charge in [-0.25, -0.2) is 0 Å². The van der Waals surface area contributed by atoms with Gasteiger partial charge in [0.1, 0.15) is 11.2 Å². The summed E-state index contributed by atoms with van der Waals surface area (Å²) in [6, 6.07) is 40.9. The molecule has 1 aromatic heterocycles. The van der Waals surface area contributed by atoms with Crippen molar-refractivity contribution in [2.75, 3.05) is 0 Å². The number of para-hydroxylation sites is 1. The monoisotopic (exact) mass is 654 g/mol. The normalized spacial score (nSPS) is 14.1. The molecule has 10 aromatic carbocycles. The van der Waals surface area contributed by atoms with Gasteiger partial charge in [-0.3, -0.25) is 0 Å². The first-order chi connectivity index (χ1) is 28.6. The molecule has 0 saturated heterocycles. The number of hydrogen-bond acceptors (Lipinski definition) is 1. The van der Waals surface area contributed by atoms with Gasteiger partial charge < -0.3 is 4.42 Å². The maximum absolute atomic E-state index is 9.42. The summed E-state index contributed by atoms with van der Waals surface area (Å²) in [6.07, 6.45) is 0. The van der Waals surface area contributed by atoms with E-state index in [1.807, 2.05) is 97.1 Å². The van der Waals surface area contributed by atoms with Gasteiger partial charge in [0.2, 0.25) is 0 Å². The van der Waals surface area contributed by atoms with Crippen LogP contribution in [-0.4, -0.2) is 0 Å². The molecule has 1 heterocycles. The third kappa shape index (κ3) is 4.22. The minimum atomic E-state index is -0.428. The standard InChI is InChI=1S/C50H30O/c1-3-14-37-32(11-1)13-9-21-40(37)48-43-18-7-5-16-41(43)47(42-17-6-8-19-44(42)48)35-26-24-31-23-25-34(29-36(31)30-35)39-20-10-22-45-49-38-15-4-2-12-33(38)27-28-46(49)51-50(39)45/h1-30H/i5D,6D,7D,8D,16D,17D,18D,19D. The first-order valence-corrected chi connectivity index (χ1v) is 16.9. The van der Waals surface area contributed by atoms with Crippen molar-refractivity contribution in [3.63, 3.8) is 0 Å². The highest BCUT2D eigenvalue weighted by atomic mass is 16.3. The Morgan fingerprint density at radius 2 is 0.922 bits per heavy atom. The van der Waals surface area contributed by atoms with Crippen molar-refractivity contribution in [2.24, 2.45) is 0 Å². The summed E-state index contributed by atoms with van der Waals surface area (Å²) >= 11 is 0. The van der Waals surface area contributed by atoms with E-state index in [-0.39, 0.29) is 45.7 Å². The van der Waals surface area contributed by atoms with E-state index in [1.165, 1.54) is 0 Å². The van der Waals surface area contributed by atoms with E-state index in [0.29, 0.717) is 22.3 Å². The van der Waals surface area contributed by atoms with Gasteiger partial charge in [-0.15, -0.1) is 0 Å². The molecule has 0 fully saturated rings. The Kier molecular flexibility index (Phi) is 4.57. The molecule has 1 nitrogen and oxygen atoms in total. The van der Waals surface area contributed by atoms with Crippen LogP contribution < -0.4 is 0 Å². The lowest BCUT2D eigenvalue weighted by Crippen LogP contribution is -1.91. The molecule has 11 rings (SSSR count). The molecule has 0 aliphatic heterocycles. The molecule has 0 amide bonds. The number of hydrogen-bond donors (Lipinski definition) is 0. The highest BCUT2D eigenvalue weighted by molar-refractivity contribution is 6.24. The smallest absolute Gasteiger partial charge is 0.143 e. The molecule has 0 spiro atoms. The van der Waals surface area contributed by atoms with Gasteiger partial charge in [-0.1, -0.05) is 164 Å². The van der Waals surface area contributed by atoms with E-state index >= 15 is 0 Å². The van der Waals surface area contributed by atoms with Crippen LogP contribution in [0, 0.1) is 0 Å². The summed E-state index contributed by atoms with van der Waals surface area (Å²) in [5.74, 6) is 0. The summed E-state index contributed by atoms with van der Waals surface area (Å²) < 4.78 is 79.6. The SMILES string of the molecule is [2H]c1c([2H])c([2H])c2c(-c3cccc4ccccc34)c3c([2H])c([2H])c([2H])c([2H])c3c(-c3ccc4ccc(-c5cccc6c5oc5ccc7ccccc7c56)cc4c3)c2c1[2H]. The van der Waals surface area contributed by atoms with Gasteiger partial charge in [0, 0.05) is 16.3 Å². The van der Waals surface area contributed by atoms with Crippen molar-refractivity contribution in [3.05, 3.63) is 182 Å². The van der Waals surface area contributed by atoms with E-state index in [4.69, 9.17) is 9.90 Å². The zero-order valence-corrected chi connectivity index (χ0v) is 27.1. The van der Waals surface area contributed by atoms with Crippen molar-refractivity contribution in [1.29, 1.82) is 0 Å². The number of fused-ring (bicyclic) bond motifs is 9. The number of benzene rings is 10. The molecule has 0 atom stereocenters. The molecule has 0 bridgehead atoms. The first kappa shape index (κ1) is 21.4. The molecule has 0 N–H and O–H groups in total. The van der Waals surface area contributed by atoms with Crippen LogP contribution >= 0.6 is 0 Å². The maximum Gasteiger partial charge on any atom is 0.143 e. The quantitative estimate of drug-likeness (QED) is 0.173. The van der Waals surface area contributed by atoms with Crippen molar-refractivity contribution < 1.29 is 15.4 Å². The summed E-state index contributed by atoms with van der Waals surface area (Å²) in [5.41, 5.74) is 5.20. The second-order valence-electron chi connectivity index (χ2n) is 13.0. The molecule has 0 unspecified atom stereocenters. The predicted octanol–water partition coefficient (Wildman–Crippen LogP) is 14.4. The van der Waals surface area contributed by atoms with Crippen LogP contribution in [0.15, 0.2) is 186 Å². The number of furan rings is 1. The first-order valence-electron chi connectivity index (χ1n) is 20.9.